The molecule has 1 aromatic heterocycles. The number of rotatable bonds is 4. The second-order valence-corrected chi connectivity index (χ2v) is 4.86. The van der Waals surface area contributed by atoms with Gasteiger partial charge in [-0.15, -0.1) is 0 Å². The highest BCUT2D eigenvalue weighted by atomic mass is 32.1. The zero-order valence-electron chi connectivity index (χ0n) is 9.95. The van der Waals surface area contributed by atoms with E-state index in [9.17, 15) is 0 Å². The molecule has 6 heteroatoms. The van der Waals surface area contributed by atoms with Crippen molar-refractivity contribution in [1.82, 2.24) is 10.5 Å². The fraction of sp³-hybridized carbons (Fsp3) is 0. The smallest absolute Gasteiger partial charge is 0.211 e. The molecular weight excluding hydrogens is 258 g/mol. The third-order valence-electron chi connectivity index (χ3n) is 2.64. The molecule has 0 spiro atoms. The van der Waals surface area contributed by atoms with E-state index < -0.39 is 0 Å². The van der Waals surface area contributed by atoms with Crippen LogP contribution < -0.4 is 10.5 Å². The van der Waals surface area contributed by atoms with E-state index in [1.807, 2.05) is 54.6 Å². The van der Waals surface area contributed by atoms with Gasteiger partial charge in [-0.2, -0.15) is 11.1 Å². The first-order valence-electron chi connectivity index (χ1n) is 5.71. The molecule has 0 bridgehead atoms. The average Bonchev–Trinajstić information content (AvgIpc) is 2.89. The Morgan fingerprint density at radius 2 is 1.79 bits per heavy atom. The first-order chi connectivity index (χ1) is 9.38. The summed E-state index contributed by atoms with van der Waals surface area (Å²) in [5.74, 6) is 0. The van der Waals surface area contributed by atoms with E-state index in [4.69, 9.17) is 5.53 Å². The van der Waals surface area contributed by atoms with Crippen LogP contribution >= 0.6 is 11.3 Å². The molecule has 0 aliphatic heterocycles. The molecule has 3 rings (SSSR count). The Hall–Kier alpha value is -2.47. The van der Waals surface area contributed by atoms with E-state index in [2.05, 4.69) is 15.7 Å². The maximum atomic E-state index is 7.02. The lowest BCUT2D eigenvalue weighted by Crippen LogP contribution is -2.28. The molecule has 2 N–H and O–H groups in total. The molecule has 0 aliphatic carbocycles. The number of hydrogen-bond acceptors (Lipinski definition) is 5. The molecule has 5 nitrogen and oxygen atoms in total. The molecule has 3 aromatic rings. The number of para-hydroxylation sites is 2. The highest BCUT2D eigenvalue weighted by molar-refractivity contribution is 7.22. The lowest BCUT2D eigenvalue weighted by Gasteiger charge is -2.18. The zero-order chi connectivity index (χ0) is 13.1. The van der Waals surface area contributed by atoms with E-state index in [0.29, 0.717) is 0 Å². The van der Waals surface area contributed by atoms with Gasteiger partial charge in [-0.3, -0.25) is 0 Å². The van der Waals surface area contributed by atoms with Crippen LogP contribution in [0.2, 0.25) is 0 Å². The average molecular weight is 269 g/mol. The van der Waals surface area contributed by atoms with Gasteiger partial charge in [-0.05, 0) is 24.3 Å². The number of fused-ring (bicyclic) bond motifs is 1. The summed E-state index contributed by atoms with van der Waals surface area (Å²) in [5, 5.41) is 5.70. The van der Waals surface area contributed by atoms with Crippen molar-refractivity contribution in [2.24, 2.45) is 5.22 Å². The van der Waals surface area contributed by atoms with E-state index in [0.717, 1.165) is 21.0 Å². The minimum absolute atomic E-state index is 0.753. The summed E-state index contributed by atoms with van der Waals surface area (Å²) in [4.78, 5) is 4.55. The molecule has 19 heavy (non-hydrogen) atoms. The SMILES string of the molecule is N=NNN(c1ccccc1)c1nc2ccccc2s1. The monoisotopic (exact) mass is 269 g/mol. The fourth-order valence-electron chi connectivity index (χ4n) is 1.79. The van der Waals surface area contributed by atoms with Crippen molar-refractivity contribution < 1.29 is 0 Å². The molecule has 0 radical (unpaired) electrons. The summed E-state index contributed by atoms with van der Waals surface area (Å²) < 4.78 is 1.10. The van der Waals surface area contributed by atoms with Crippen molar-refractivity contribution in [1.29, 1.82) is 5.53 Å². The lowest BCUT2D eigenvalue weighted by atomic mass is 10.3. The Bertz CT molecular complexity index is 661. The summed E-state index contributed by atoms with van der Waals surface area (Å²) >= 11 is 1.55. The normalized spacial score (nSPS) is 10.3. The van der Waals surface area contributed by atoms with E-state index in [-0.39, 0.29) is 0 Å². The van der Waals surface area contributed by atoms with Crippen LogP contribution in [-0.4, -0.2) is 4.98 Å². The van der Waals surface area contributed by atoms with Crippen LogP contribution in [0.4, 0.5) is 10.8 Å². The second-order valence-electron chi connectivity index (χ2n) is 3.85. The van der Waals surface area contributed by atoms with Crippen LogP contribution in [0.15, 0.2) is 59.8 Å². The van der Waals surface area contributed by atoms with Crippen LogP contribution in [0.5, 0.6) is 0 Å². The quantitative estimate of drug-likeness (QED) is 0.558. The van der Waals surface area contributed by atoms with Gasteiger partial charge in [0.1, 0.15) is 0 Å². The zero-order valence-corrected chi connectivity index (χ0v) is 10.8. The third-order valence-corrected chi connectivity index (χ3v) is 3.66. The third kappa shape index (κ3) is 2.25. The number of aromatic nitrogens is 1. The molecule has 0 aliphatic rings. The molecule has 0 fully saturated rings. The van der Waals surface area contributed by atoms with Gasteiger partial charge in [0.15, 0.2) is 0 Å². The predicted molar refractivity (Wildman–Crippen MR) is 76.5 cm³/mol. The van der Waals surface area contributed by atoms with Crippen molar-refractivity contribution >= 4 is 32.4 Å². The number of nitrogens with zero attached hydrogens (tertiary/aromatic N) is 3. The van der Waals surface area contributed by atoms with E-state index in [1.165, 1.54) is 0 Å². The number of benzene rings is 2. The van der Waals surface area contributed by atoms with Gasteiger partial charge in [0.2, 0.25) is 5.13 Å². The first kappa shape index (κ1) is 11.6. The van der Waals surface area contributed by atoms with Gasteiger partial charge in [-0.1, -0.05) is 46.9 Å². The largest absolute Gasteiger partial charge is 0.218 e. The molecule has 2 aromatic carbocycles. The Morgan fingerprint density at radius 3 is 2.53 bits per heavy atom. The molecular formula is C13H11N5S. The highest BCUT2D eigenvalue weighted by Gasteiger charge is 2.13. The second kappa shape index (κ2) is 5.03. The van der Waals surface area contributed by atoms with Crippen LogP contribution in [0.1, 0.15) is 0 Å². The summed E-state index contributed by atoms with van der Waals surface area (Å²) in [6, 6.07) is 17.6. The van der Waals surface area contributed by atoms with Gasteiger partial charge in [0, 0.05) is 0 Å². The Morgan fingerprint density at radius 1 is 1.05 bits per heavy atom. The number of nitrogens with one attached hydrogen (secondary N) is 2. The van der Waals surface area contributed by atoms with Crippen molar-refractivity contribution in [2.75, 3.05) is 5.01 Å². The molecule has 0 atom stereocenters. The van der Waals surface area contributed by atoms with Crippen LogP contribution in [0, 0.1) is 5.53 Å². The van der Waals surface area contributed by atoms with E-state index >= 15 is 0 Å². The summed E-state index contributed by atoms with van der Waals surface area (Å²) in [7, 11) is 0. The summed E-state index contributed by atoms with van der Waals surface area (Å²) in [5.41, 5.74) is 11.5. The summed E-state index contributed by atoms with van der Waals surface area (Å²) in [6.45, 7) is 0. The predicted octanol–water partition coefficient (Wildman–Crippen LogP) is 3.88. The number of hydrazine groups is 1. The number of thiazole rings is 1. The van der Waals surface area contributed by atoms with Gasteiger partial charge in [0.05, 0.1) is 15.9 Å². The standard InChI is InChI=1S/C13H11N5S/c14-16-17-18(10-6-2-1-3-7-10)13-15-11-8-4-5-9-12(11)19-13/h1-9H,(H2,14,17). The van der Waals surface area contributed by atoms with Crippen molar-refractivity contribution in [3.05, 3.63) is 54.6 Å². The molecule has 0 amide bonds. The minimum atomic E-state index is 0.753. The van der Waals surface area contributed by atoms with Gasteiger partial charge >= 0.3 is 0 Å². The molecule has 1 heterocycles. The lowest BCUT2D eigenvalue weighted by molar-refractivity contribution is 0.686. The molecule has 0 saturated carbocycles. The Balaban J connectivity index is 2.06. The topological polar surface area (TPSA) is 64.4 Å². The van der Waals surface area contributed by atoms with Gasteiger partial charge in [-0.25, -0.2) is 9.99 Å². The van der Waals surface area contributed by atoms with Crippen molar-refractivity contribution in [2.45, 2.75) is 0 Å². The van der Waals surface area contributed by atoms with Crippen LogP contribution in [0.3, 0.4) is 0 Å². The van der Waals surface area contributed by atoms with Crippen LogP contribution in [0.25, 0.3) is 10.2 Å². The first-order valence-corrected chi connectivity index (χ1v) is 6.53. The Kier molecular flexibility index (Phi) is 3.07. The van der Waals surface area contributed by atoms with Crippen molar-refractivity contribution in [3.63, 3.8) is 0 Å². The number of hydrogen-bond donors (Lipinski definition) is 2. The molecule has 94 valence electrons. The maximum absolute atomic E-state index is 7.02. The van der Waals surface area contributed by atoms with Crippen molar-refractivity contribution in [3.8, 4) is 0 Å². The van der Waals surface area contributed by atoms with Gasteiger partial charge < -0.3 is 0 Å². The number of anilines is 2. The van der Waals surface area contributed by atoms with E-state index in [1.54, 1.807) is 16.3 Å². The summed E-state index contributed by atoms with van der Waals surface area (Å²) in [6.07, 6.45) is 0. The van der Waals surface area contributed by atoms with Gasteiger partial charge in [0.25, 0.3) is 0 Å². The van der Waals surface area contributed by atoms with Crippen LogP contribution in [-0.2, 0) is 0 Å². The highest BCUT2D eigenvalue weighted by Crippen LogP contribution is 2.31. The minimum Gasteiger partial charge on any atom is -0.218 e. The fourth-order valence-corrected chi connectivity index (χ4v) is 2.74. The Labute approximate surface area is 114 Å². The molecule has 0 saturated heterocycles. The maximum Gasteiger partial charge on any atom is 0.211 e. The molecule has 0 unspecified atom stereocenters.